The Bertz CT molecular complexity index is 1760. The summed E-state index contributed by atoms with van der Waals surface area (Å²) in [5.74, 6) is -0.956. The van der Waals surface area contributed by atoms with Crippen LogP contribution in [0.1, 0.15) is 290 Å². The SMILES string of the molecule is CC/C=C\C/C=C\C/C=C\C/C=C\C/C=C\C/C=C\C/C=C\C/C=C\C/C=C\C/C=C\CCCCC(=O)OCC(COC(=O)CCCCCCC/C=C\CCCC)OC(=O)CCCCCCCCCCC/C=C\CCCCCCCC. The van der Waals surface area contributed by atoms with E-state index in [-0.39, 0.29) is 31.1 Å². The zero-order chi connectivity index (χ0) is 58.5. The molecule has 0 spiro atoms. The molecule has 81 heavy (non-hydrogen) atoms. The molecule has 0 N–H and O–H groups in total. The molecule has 0 saturated carbocycles. The van der Waals surface area contributed by atoms with E-state index in [2.05, 4.69) is 167 Å². The van der Waals surface area contributed by atoms with Gasteiger partial charge in [0.15, 0.2) is 6.10 Å². The van der Waals surface area contributed by atoms with Crippen molar-refractivity contribution in [3.8, 4) is 0 Å². The molecule has 0 aliphatic rings. The van der Waals surface area contributed by atoms with Gasteiger partial charge in [-0.05, 0) is 141 Å². The predicted molar refractivity (Wildman–Crippen MR) is 352 cm³/mol. The summed E-state index contributed by atoms with van der Waals surface area (Å²) in [5.41, 5.74) is 0. The molecule has 0 saturated heterocycles. The molecule has 1 unspecified atom stereocenters. The van der Waals surface area contributed by atoms with E-state index in [9.17, 15) is 14.4 Å². The van der Waals surface area contributed by atoms with Crippen molar-refractivity contribution in [2.75, 3.05) is 13.2 Å². The van der Waals surface area contributed by atoms with Gasteiger partial charge in [0.1, 0.15) is 13.2 Å². The number of hydrogen-bond donors (Lipinski definition) is 0. The number of carbonyl (C=O) groups excluding carboxylic acids is 3. The van der Waals surface area contributed by atoms with E-state index < -0.39 is 6.10 Å². The molecule has 458 valence electrons. The molecule has 0 heterocycles. The Labute approximate surface area is 499 Å². The van der Waals surface area contributed by atoms with Crippen LogP contribution in [0.25, 0.3) is 0 Å². The van der Waals surface area contributed by atoms with Crippen molar-refractivity contribution in [2.24, 2.45) is 0 Å². The van der Waals surface area contributed by atoms with Crippen LogP contribution in [-0.2, 0) is 28.6 Å². The second-order valence-corrected chi connectivity index (χ2v) is 21.6. The highest BCUT2D eigenvalue weighted by Crippen LogP contribution is 2.15. The quantitative estimate of drug-likeness (QED) is 0.0261. The molecule has 0 radical (unpaired) electrons. The molecular formula is C75H122O6. The first kappa shape index (κ1) is 76.3. The molecule has 0 bridgehead atoms. The lowest BCUT2D eigenvalue weighted by molar-refractivity contribution is -0.167. The van der Waals surface area contributed by atoms with Gasteiger partial charge in [0.2, 0.25) is 0 Å². The van der Waals surface area contributed by atoms with Crippen LogP contribution >= 0.6 is 0 Å². The molecule has 0 fully saturated rings. The topological polar surface area (TPSA) is 78.9 Å². The normalized spacial score (nSPS) is 13.1. The summed E-state index contributed by atoms with van der Waals surface area (Å²) in [4.78, 5) is 38.3. The number of rotatable bonds is 59. The molecule has 6 nitrogen and oxygen atoms in total. The van der Waals surface area contributed by atoms with E-state index in [1.54, 1.807) is 0 Å². The van der Waals surface area contributed by atoms with Crippen LogP contribution in [0.3, 0.4) is 0 Å². The van der Waals surface area contributed by atoms with E-state index in [4.69, 9.17) is 14.2 Å². The van der Waals surface area contributed by atoms with Gasteiger partial charge in [0.25, 0.3) is 0 Å². The van der Waals surface area contributed by atoms with Gasteiger partial charge in [-0.15, -0.1) is 0 Å². The number of hydrogen-bond acceptors (Lipinski definition) is 6. The van der Waals surface area contributed by atoms with Gasteiger partial charge in [-0.1, -0.05) is 276 Å². The third-order valence-electron chi connectivity index (χ3n) is 13.8. The lowest BCUT2D eigenvalue weighted by Crippen LogP contribution is -2.30. The summed E-state index contributed by atoms with van der Waals surface area (Å²) in [7, 11) is 0. The molecule has 0 aliphatic carbocycles. The number of carbonyl (C=O) groups is 3. The van der Waals surface area contributed by atoms with E-state index in [0.29, 0.717) is 25.7 Å². The van der Waals surface area contributed by atoms with Crippen molar-refractivity contribution >= 4 is 17.9 Å². The van der Waals surface area contributed by atoms with Gasteiger partial charge < -0.3 is 14.2 Å². The maximum Gasteiger partial charge on any atom is 0.306 e. The van der Waals surface area contributed by atoms with Crippen molar-refractivity contribution in [3.63, 3.8) is 0 Å². The summed E-state index contributed by atoms with van der Waals surface area (Å²) >= 11 is 0. The van der Waals surface area contributed by atoms with Crippen LogP contribution in [0.15, 0.2) is 146 Å². The summed E-state index contributed by atoms with van der Waals surface area (Å²) in [6.45, 7) is 6.45. The fourth-order valence-corrected chi connectivity index (χ4v) is 8.80. The van der Waals surface area contributed by atoms with Crippen LogP contribution < -0.4 is 0 Å². The van der Waals surface area contributed by atoms with Gasteiger partial charge in [-0.2, -0.15) is 0 Å². The molecule has 1 atom stereocenters. The molecule has 0 aliphatic heterocycles. The van der Waals surface area contributed by atoms with Crippen molar-refractivity contribution in [1.29, 1.82) is 0 Å². The molecule has 0 aromatic heterocycles. The molecular weight excluding hydrogens is 997 g/mol. The molecule has 0 aromatic carbocycles. The summed E-state index contributed by atoms with van der Waals surface area (Å²) in [6.07, 6.45) is 97.2. The lowest BCUT2D eigenvalue weighted by atomic mass is 10.1. The first-order valence-corrected chi connectivity index (χ1v) is 33.3. The van der Waals surface area contributed by atoms with Crippen molar-refractivity contribution in [2.45, 2.75) is 297 Å². The minimum atomic E-state index is -0.806. The maximum atomic E-state index is 12.9. The highest BCUT2D eigenvalue weighted by Gasteiger charge is 2.19. The van der Waals surface area contributed by atoms with Crippen LogP contribution in [-0.4, -0.2) is 37.2 Å². The fraction of sp³-hybridized carbons (Fsp3) is 0.640. The highest BCUT2D eigenvalue weighted by atomic mass is 16.6. The smallest absolute Gasteiger partial charge is 0.306 e. The Balaban J connectivity index is 4.36. The van der Waals surface area contributed by atoms with E-state index in [0.717, 1.165) is 128 Å². The molecule has 0 amide bonds. The third kappa shape index (κ3) is 66.0. The van der Waals surface area contributed by atoms with Gasteiger partial charge in [0, 0.05) is 19.3 Å². The minimum Gasteiger partial charge on any atom is -0.462 e. The second kappa shape index (κ2) is 67.8. The van der Waals surface area contributed by atoms with Gasteiger partial charge in [-0.3, -0.25) is 14.4 Å². The summed E-state index contributed by atoms with van der Waals surface area (Å²) in [5, 5.41) is 0. The van der Waals surface area contributed by atoms with E-state index in [1.807, 2.05) is 0 Å². The van der Waals surface area contributed by atoms with Crippen LogP contribution in [0.5, 0.6) is 0 Å². The fourth-order valence-electron chi connectivity index (χ4n) is 8.80. The zero-order valence-electron chi connectivity index (χ0n) is 52.5. The monoisotopic (exact) mass is 1120 g/mol. The zero-order valence-corrected chi connectivity index (χ0v) is 52.5. The average Bonchev–Trinajstić information content (AvgIpc) is 3.47. The Morgan fingerprint density at radius 3 is 0.827 bits per heavy atom. The largest absolute Gasteiger partial charge is 0.462 e. The maximum absolute atomic E-state index is 12.9. The molecule has 6 heteroatoms. The predicted octanol–water partition coefficient (Wildman–Crippen LogP) is 23.1. The van der Waals surface area contributed by atoms with Crippen LogP contribution in [0.2, 0.25) is 0 Å². The van der Waals surface area contributed by atoms with Gasteiger partial charge in [0.05, 0.1) is 0 Å². The van der Waals surface area contributed by atoms with Gasteiger partial charge >= 0.3 is 17.9 Å². The van der Waals surface area contributed by atoms with Crippen molar-refractivity contribution in [1.82, 2.24) is 0 Å². The third-order valence-corrected chi connectivity index (χ3v) is 13.8. The van der Waals surface area contributed by atoms with Crippen LogP contribution in [0.4, 0.5) is 0 Å². The average molecular weight is 1120 g/mol. The standard InChI is InChI=1S/C75H122O6/c1-4-7-10-13-16-19-22-24-26-28-30-31-32-33-34-35-36-37-38-39-40-41-42-43-45-46-48-50-53-56-59-62-65-68-74(77)80-71-72(70-79-73(76)67-64-61-58-55-52-21-18-15-12-9-6-3)81-75(78)69-66-63-60-57-54-51-49-47-44-29-27-25-23-20-17-14-11-8-5-2/h7,10,15-16,18-19,24-27,30-31,33-34,36-37,39-40,42-43,46,48,53,56,72H,4-6,8-9,11-14,17,20-23,28-29,32,35,38,41,44-45,47,49-52,54-55,57-71H2,1-3H3/b10-7-,18-15-,19-16-,26-24-,27-25-,31-30-,34-33-,37-36-,40-39-,43-42-,48-46-,56-53-. The summed E-state index contributed by atoms with van der Waals surface area (Å²) in [6, 6.07) is 0. The first-order valence-electron chi connectivity index (χ1n) is 33.3. The molecule has 0 aromatic rings. The minimum absolute atomic E-state index is 0.100. The number of ether oxygens (including phenoxy) is 3. The van der Waals surface area contributed by atoms with Gasteiger partial charge in [-0.25, -0.2) is 0 Å². The number of unbranched alkanes of at least 4 members (excludes halogenated alkanes) is 24. The lowest BCUT2D eigenvalue weighted by Gasteiger charge is -2.18. The highest BCUT2D eigenvalue weighted by molar-refractivity contribution is 5.71. The Kier molecular flexibility index (Phi) is 63.9. The summed E-state index contributed by atoms with van der Waals surface area (Å²) < 4.78 is 16.9. The molecule has 0 rings (SSSR count). The Hall–Kier alpha value is -4.71. The first-order chi connectivity index (χ1) is 40.0. The van der Waals surface area contributed by atoms with Crippen molar-refractivity contribution < 1.29 is 28.6 Å². The van der Waals surface area contributed by atoms with E-state index >= 15 is 0 Å². The van der Waals surface area contributed by atoms with E-state index in [1.165, 1.54) is 116 Å². The van der Waals surface area contributed by atoms with Crippen molar-refractivity contribution in [3.05, 3.63) is 146 Å². The Morgan fingerprint density at radius 2 is 0.494 bits per heavy atom. The number of allylic oxidation sites excluding steroid dienone is 24. The number of esters is 3. The van der Waals surface area contributed by atoms with Crippen LogP contribution in [0, 0.1) is 0 Å². The Morgan fingerprint density at radius 1 is 0.259 bits per heavy atom. The second-order valence-electron chi connectivity index (χ2n) is 21.6.